The van der Waals surface area contributed by atoms with Crippen LogP contribution < -0.4 is 10.0 Å². The van der Waals surface area contributed by atoms with E-state index >= 15 is 0 Å². The van der Waals surface area contributed by atoms with E-state index in [0.717, 1.165) is 18.4 Å². The molecule has 3 rings (SSSR count). The summed E-state index contributed by atoms with van der Waals surface area (Å²) < 4.78 is 26.7. The van der Waals surface area contributed by atoms with Crippen LogP contribution in [-0.4, -0.2) is 33.3 Å². The first-order chi connectivity index (χ1) is 8.12. The molecule has 0 heterocycles. The van der Waals surface area contributed by atoms with E-state index < -0.39 is 10.0 Å². The summed E-state index contributed by atoms with van der Waals surface area (Å²) in [5.41, 5.74) is 0. The van der Waals surface area contributed by atoms with Crippen LogP contribution >= 0.6 is 0 Å². The largest absolute Gasteiger partial charge is 0.316 e. The molecule has 17 heavy (non-hydrogen) atoms. The van der Waals surface area contributed by atoms with Crippen molar-refractivity contribution in [3.8, 4) is 0 Å². The third-order valence-corrected chi connectivity index (χ3v) is 6.22. The summed E-state index contributed by atoms with van der Waals surface area (Å²) >= 11 is 0. The first kappa shape index (κ1) is 11.9. The summed E-state index contributed by atoms with van der Waals surface area (Å²) in [6.45, 7) is 3.37. The Kier molecular flexibility index (Phi) is 2.96. The second kappa shape index (κ2) is 4.21. The Morgan fingerprint density at radius 1 is 1.18 bits per heavy atom. The van der Waals surface area contributed by atoms with Crippen LogP contribution in [0.1, 0.15) is 26.2 Å². The van der Waals surface area contributed by atoms with E-state index in [4.69, 9.17) is 0 Å². The van der Waals surface area contributed by atoms with E-state index in [0.29, 0.717) is 18.4 Å². The molecule has 3 aliphatic rings. The fraction of sp³-hybridized carbons (Fsp3) is 1.00. The molecule has 5 heteroatoms. The predicted octanol–water partition coefficient (Wildman–Crippen LogP) is 0.560. The standard InChI is InChI=1S/C12H22N2O2S/c1-2-13-5-6-17(15,16)14-12-10-8-3-4-9(7-8)11(10)12/h8-14H,2-7H2,1H3. The molecule has 4 nitrogen and oxygen atoms in total. The van der Waals surface area contributed by atoms with Gasteiger partial charge in [0.15, 0.2) is 0 Å². The van der Waals surface area contributed by atoms with Gasteiger partial charge in [-0.05, 0) is 49.5 Å². The number of sulfonamides is 1. The fourth-order valence-corrected chi connectivity index (χ4v) is 5.39. The molecule has 0 aromatic carbocycles. The lowest BCUT2D eigenvalue weighted by Gasteiger charge is -2.11. The monoisotopic (exact) mass is 258 g/mol. The van der Waals surface area contributed by atoms with Crippen LogP contribution in [0.5, 0.6) is 0 Å². The van der Waals surface area contributed by atoms with Crippen molar-refractivity contribution in [1.29, 1.82) is 0 Å². The van der Waals surface area contributed by atoms with Gasteiger partial charge in [0.25, 0.3) is 0 Å². The Morgan fingerprint density at radius 3 is 2.41 bits per heavy atom. The third kappa shape index (κ3) is 2.13. The molecule has 0 spiro atoms. The first-order valence-electron chi connectivity index (χ1n) is 6.83. The summed E-state index contributed by atoms with van der Waals surface area (Å²) in [6.07, 6.45) is 4.04. The Hall–Kier alpha value is -0.130. The molecule has 98 valence electrons. The molecular weight excluding hydrogens is 236 g/mol. The van der Waals surface area contributed by atoms with Gasteiger partial charge in [0.05, 0.1) is 5.75 Å². The van der Waals surface area contributed by atoms with E-state index in [9.17, 15) is 8.42 Å². The minimum absolute atomic E-state index is 0.214. The summed E-state index contributed by atoms with van der Waals surface area (Å²) in [5, 5.41) is 3.06. The van der Waals surface area contributed by atoms with Crippen molar-refractivity contribution in [2.24, 2.45) is 23.7 Å². The molecule has 0 radical (unpaired) electrons. The third-order valence-electron chi connectivity index (χ3n) is 4.85. The second-order valence-electron chi connectivity index (χ2n) is 5.80. The van der Waals surface area contributed by atoms with Crippen LogP contribution in [0.4, 0.5) is 0 Å². The highest BCUT2D eigenvalue weighted by Crippen LogP contribution is 2.65. The maximum Gasteiger partial charge on any atom is 0.213 e. The number of rotatable bonds is 6. The van der Waals surface area contributed by atoms with Gasteiger partial charge in [0.1, 0.15) is 0 Å². The van der Waals surface area contributed by atoms with Crippen molar-refractivity contribution >= 4 is 10.0 Å². The van der Waals surface area contributed by atoms with Crippen LogP contribution in [0, 0.1) is 23.7 Å². The summed E-state index contributed by atoms with van der Waals surface area (Å²) in [4.78, 5) is 0. The number of fused-ring (bicyclic) bond motifs is 5. The molecule has 2 N–H and O–H groups in total. The molecule has 3 fully saturated rings. The molecule has 3 saturated carbocycles. The quantitative estimate of drug-likeness (QED) is 0.685. The van der Waals surface area contributed by atoms with E-state index in [1.54, 1.807) is 0 Å². The van der Waals surface area contributed by atoms with Gasteiger partial charge < -0.3 is 5.32 Å². The van der Waals surface area contributed by atoms with Gasteiger partial charge in [-0.1, -0.05) is 6.92 Å². The number of nitrogens with one attached hydrogen (secondary N) is 2. The molecule has 0 saturated heterocycles. The molecule has 0 aromatic rings. The maximum atomic E-state index is 11.9. The zero-order valence-corrected chi connectivity index (χ0v) is 11.2. The fourth-order valence-electron chi connectivity index (χ4n) is 4.13. The van der Waals surface area contributed by atoms with Crippen molar-refractivity contribution in [3.05, 3.63) is 0 Å². The molecular formula is C12H22N2O2S. The summed E-state index contributed by atoms with van der Waals surface area (Å²) in [5.74, 6) is 3.23. The van der Waals surface area contributed by atoms with Gasteiger partial charge in [-0.15, -0.1) is 0 Å². The smallest absolute Gasteiger partial charge is 0.213 e. The highest BCUT2D eigenvalue weighted by Gasteiger charge is 2.65. The average molecular weight is 258 g/mol. The number of hydrogen-bond donors (Lipinski definition) is 2. The first-order valence-corrected chi connectivity index (χ1v) is 8.48. The molecule has 0 aliphatic heterocycles. The van der Waals surface area contributed by atoms with Gasteiger partial charge >= 0.3 is 0 Å². The zero-order chi connectivity index (χ0) is 12.0. The van der Waals surface area contributed by atoms with Crippen molar-refractivity contribution in [2.45, 2.75) is 32.2 Å². The maximum absolute atomic E-state index is 11.9. The Morgan fingerprint density at radius 2 is 1.82 bits per heavy atom. The van der Waals surface area contributed by atoms with Crippen LogP contribution in [0.15, 0.2) is 0 Å². The van der Waals surface area contributed by atoms with Crippen LogP contribution in [0.2, 0.25) is 0 Å². The van der Waals surface area contributed by atoms with Crippen molar-refractivity contribution in [1.82, 2.24) is 10.0 Å². The molecule has 0 amide bonds. The van der Waals surface area contributed by atoms with E-state index in [2.05, 4.69) is 10.0 Å². The molecule has 3 aliphatic carbocycles. The van der Waals surface area contributed by atoms with Crippen molar-refractivity contribution in [3.63, 3.8) is 0 Å². The zero-order valence-electron chi connectivity index (χ0n) is 10.4. The molecule has 4 atom stereocenters. The van der Waals surface area contributed by atoms with E-state index in [-0.39, 0.29) is 11.8 Å². The minimum atomic E-state index is -3.06. The Bertz CT molecular complexity index is 379. The molecule has 2 bridgehead atoms. The molecule has 0 aromatic heterocycles. The lowest BCUT2D eigenvalue weighted by Crippen LogP contribution is -2.35. The van der Waals surface area contributed by atoms with E-state index in [1.807, 2.05) is 6.92 Å². The van der Waals surface area contributed by atoms with Gasteiger partial charge in [-0.25, -0.2) is 13.1 Å². The van der Waals surface area contributed by atoms with Crippen LogP contribution in [0.3, 0.4) is 0 Å². The van der Waals surface area contributed by atoms with Gasteiger partial charge in [-0.2, -0.15) is 0 Å². The molecule has 4 unspecified atom stereocenters. The lowest BCUT2D eigenvalue weighted by molar-refractivity contribution is 0.456. The predicted molar refractivity (Wildman–Crippen MR) is 67.1 cm³/mol. The topological polar surface area (TPSA) is 58.2 Å². The SMILES string of the molecule is CCNCCS(=O)(=O)NC1C2C3CCC(C3)C12. The second-order valence-corrected chi connectivity index (χ2v) is 7.68. The van der Waals surface area contributed by atoms with Crippen LogP contribution in [0.25, 0.3) is 0 Å². The highest BCUT2D eigenvalue weighted by atomic mass is 32.2. The van der Waals surface area contributed by atoms with Gasteiger partial charge in [0, 0.05) is 12.6 Å². The summed E-state index contributed by atoms with van der Waals surface area (Å²) in [7, 11) is -3.06. The summed E-state index contributed by atoms with van der Waals surface area (Å²) in [6, 6.07) is 0.285. The highest BCUT2D eigenvalue weighted by molar-refractivity contribution is 7.89. The van der Waals surface area contributed by atoms with Crippen molar-refractivity contribution < 1.29 is 8.42 Å². The Balaban J connectivity index is 1.52. The van der Waals surface area contributed by atoms with Crippen LogP contribution in [-0.2, 0) is 10.0 Å². The minimum Gasteiger partial charge on any atom is -0.316 e. The number of hydrogen-bond acceptors (Lipinski definition) is 3. The van der Waals surface area contributed by atoms with Crippen molar-refractivity contribution in [2.75, 3.05) is 18.8 Å². The van der Waals surface area contributed by atoms with Gasteiger partial charge in [0.2, 0.25) is 10.0 Å². The van der Waals surface area contributed by atoms with E-state index in [1.165, 1.54) is 19.3 Å². The Labute approximate surface area is 104 Å². The average Bonchev–Trinajstić information content (AvgIpc) is 2.70. The van der Waals surface area contributed by atoms with Gasteiger partial charge in [-0.3, -0.25) is 0 Å². The normalized spacial score (nSPS) is 42.8. The lowest BCUT2D eigenvalue weighted by atomic mass is 10.0.